The van der Waals surface area contributed by atoms with Crippen molar-refractivity contribution in [3.63, 3.8) is 0 Å². The first-order valence-corrected chi connectivity index (χ1v) is 7.69. The van der Waals surface area contributed by atoms with Gasteiger partial charge in [0.05, 0.1) is 30.5 Å². The van der Waals surface area contributed by atoms with E-state index in [0.29, 0.717) is 12.2 Å². The van der Waals surface area contributed by atoms with E-state index in [1.807, 2.05) is 55.5 Å². The van der Waals surface area contributed by atoms with Crippen LogP contribution in [0.5, 0.6) is 5.75 Å². The average molecular weight is 322 g/mol. The van der Waals surface area contributed by atoms with Crippen LogP contribution in [0.2, 0.25) is 0 Å². The van der Waals surface area contributed by atoms with Crippen LogP contribution in [0.15, 0.2) is 54.6 Å². The summed E-state index contributed by atoms with van der Waals surface area (Å²) in [5.41, 5.74) is 5.37. The van der Waals surface area contributed by atoms with Crippen molar-refractivity contribution in [2.75, 3.05) is 13.7 Å². The van der Waals surface area contributed by atoms with Gasteiger partial charge in [0, 0.05) is 10.9 Å². The molecule has 0 spiro atoms. The standard InChI is InChI=1S/C19H18N2O3/c1-3-24-21-19(22)16-12-18(13-8-10-14(23-2)11-9-13)20-17-7-5-4-6-15(16)17/h4-12H,3H2,1-2H3,(H,21,22). The summed E-state index contributed by atoms with van der Waals surface area (Å²) in [6.45, 7) is 2.22. The highest BCUT2D eigenvalue weighted by molar-refractivity contribution is 6.06. The molecule has 0 aliphatic rings. The Morgan fingerprint density at radius 3 is 2.58 bits per heavy atom. The highest BCUT2D eigenvalue weighted by Crippen LogP contribution is 2.26. The van der Waals surface area contributed by atoms with Crippen molar-refractivity contribution in [2.24, 2.45) is 0 Å². The molecule has 3 aromatic rings. The molecular formula is C19H18N2O3. The van der Waals surface area contributed by atoms with E-state index >= 15 is 0 Å². The van der Waals surface area contributed by atoms with E-state index in [9.17, 15) is 4.79 Å². The number of ether oxygens (including phenoxy) is 1. The van der Waals surface area contributed by atoms with Crippen molar-refractivity contribution in [3.05, 3.63) is 60.2 Å². The van der Waals surface area contributed by atoms with Crippen molar-refractivity contribution < 1.29 is 14.4 Å². The van der Waals surface area contributed by atoms with Gasteiger partial charge < -0.3 is 4.74 Å². The number of carbonyl (C=O) groups is 1. The van der Waals surface area contributed by atoms with Crippen LogP contribution in [0.3, 0.4) is 0 Å². The first kappa shape index (κ1) is 16.0. The van der Waals surface area contributed by atoms with E-state index in [-0.39, 0.29) is 5.91 Å². The first-order chi connectivity index (χ1) is 11.7. The van der Waals surface area contributed by atoms with E-state index in [2.05, 4.69) is 10.5 Å². The number of aromatic nitrogens is 1. The Morgan fingerprint density at radius 1 is 1.12 bits per heavy atom. The Morgan fingerprint density at radius 2 is 1.88 bits per heavy atom. The maximum absolute atomic E-state index is 12.4. The molecule has 122 valence electrons. The van der Waals surface area contributed by atoms with Crippen LogP contribution >= 0.6 is 0 Å². The molecule has 2 aromatic carbocycles. The van der Waals surface area contributed by atoms with Gasteiger partial charge in [0.15, 0.2) is 0 Å². The van der Waals surface area contributed by atoms with Gasteiger partial charge in [-0.15, -0.1) is 0 Å². The fourth-order valence-electron chi connectivity index (χ4n) is 2.47. The highest BCUT2D eigenvalue weighted by Gasteiger charge is 2.14. The van der Waals surface area contributed by atoms with Crippen LogP contribution in [0.25, 0.3) is 22.2 Å². The number of amides is 1. The summed E-state index contributed by atoms with van der Waals surface area (Å²) in [7, 11) is 1.62. The molecule has 1 aromatic heterocycles. The summed E-state index contributed by atoms with van der Waals surface area (Å²) < 4.78 is 5.18. The van der Waals surface area contributed by atoms with Crippen molar-refractivity contribution in [1.82, 2.24) is 10.5 Å². The summed E-state index contributed by atoms with van der Waals surface area (Å²) in [4.78, 5) is 22.1. The lowest BCUT2D eigenvalue weighted by Gasteiger charge is -2.10. The highest BCUT2D eigenvalue weighted by atomic mass is 16.6. The second-order valence-corrected chi connectivity index (χ2v) is 5.16. The molecule has 0 bridgehead atoms. The van der Waals surface area contributed by atoms with E-state index in [4.69, 9.17) is 9.57 Å². The average Bonchev–Trinajstić information content (AvgIpc) is 2.65. The molecule has 0 aliphatic heterocycles. The summed E-state index contributed by atoms with van der Waals surface area (Å²) in [6.07, 6.45) is 0. The molecule has 1 N–H and O–H groups in total. The molecule has 5 heteroatoms. The molecule has 0 radical (unpaired) electrons. The Labute approximate surface area is 140 Å². The Hall–Kier alpha value is -2.92. The molecule has 24 heavy (non-hydrogen) atoms. The number of hydrogen-bond donors (Lipinski definition) is 1. The topological polar surface area (TPSA) is 60.5 Å². The van der Waals surface area contributed by atoms with Crippen molar-refractivity contribution in [1.29, 1.82) is 0 Å². The fourth-order valence-corrected chi connectivity index (χ4v) is 2.47. The normalized spacial score (nSPS) is 10.6. The molecule has 3 rings (SSSR count). The largest absolute Gasteiger partial charge is 0.497 e. The minimum atomic E-state index is -0.287. The van der Waals surface area contributed by atoms with E-state index in [1.54, 1.807) is 13.2 Å². The third kappa shape index (κ3) is 3.21. The second-order valence-electron chi connectivity index (χ2n) is 5.16. The molecule has 0 atom stereocenters. The van der Waals surface area contributed by atoms with Crippen LogP contribution in [0.4, 0.5) is 0 Å². The van der Waals surface area contributed by atoms with Gasteiger partial charge in [-0.1, -0.05) is 18.2 Å². The third-order valence-electron chi connectivity index (χ3n) is 3.66. The lowest BCUT2D eigenvalue weighted by atomic mass is 10.0. The molecule has 0 saturated heterocycles. The van der Waals surface area contributed by atoms with Crippen molar-refractivity contribution in [3.8, 4) is 17.0 Å². The molecule has 0 aliphatic carbocycles. The van der Waals surface area contributed by atoms with E-state index in [0.717, 1.165) is 27.9 Å². The lowest BCUT2D eigenvalue weighted by molar-refractivity contribution is 0.0366. The number of methoxy groups -OCH3 is 1. The zero-order valence-electron chi connectivity index (χ0n) is 13.6. The van der Waals surface area contributed by atoms with Gasteiger partial charge in [-0.2, -0.15) is 0 Å². The minimum absolute atomic E-state index is 0.287. The van der Waals surface area contributed by atoms with Crippen molar-refractivity contribution in [2.45, 2.75) is 6.92 Å². The Kier molecular flexibility index (Phi) is 4.72. The maximum Gasteiger partial charge on any atom is 0.275 e. The van der Waals surface area contributed by atoms with Gasteiger partial charge in [0.2, 0.25) is 0 Å². The van der Waals surface area contributed by atoms with Gasteiger partial charge in [-0.05, 0) is 43.3 Å². The van der Waals surface area contributed by atoms with Crippen LogP contribution in [0, 0.1) is 0 Å². The molecule has 0 unspecified atom stereocenters. The van der Waals surface area contributed by atoms with Gasteiger partial charge in [0.25, 0.3) is 5.91 Å². The van der Waals surface area contributed by atoms with E-state index in [1.165, 1.54) is 0 Å². The fraction of sp³-hybridized carbons (Fsp3) is 0.158. The number of nitrogens with zero attached hydrogens (tertiary/aromatic N) is 1. The maximum atomic E-state index is 12.4. The van der Waals surface area contributed by atoms with Gasteiger partial charge in [-0.3, -0.25) is 9.63 Å². The number of rotatable bonds is 5. The second kappa shape index (κ2) is 7.10. The monoisotopic (exact) mass is 322 g/mol. The molecular weight excluding hydrogens is 304 g/mol. The number of carbonyl (C=O) groups excluding carboxylic acids is 1. The molecule has 0 saturated carbocycles. The number of benzene rings is 2. The molecule has 1 heterocycles. The van der Waals surface area contributed by atoms with E-state index < -0.39 is 0 Å². The first-order valence-electron chi connectivity index (χ1n) is 7.69. The summed E-state index contributed by atoms with van der Waals surface area (Å²) in [5.74, 6) is 0.485. The number of fused-ring (bicyclic) bond motifs is 1. The number of hydroxylamine groups is 1. The van der Waals surface area contributed by atoms with Crippen LogP contribution in [-0.2, 0) is 4.84 Å². The predicted octanol–water partition coefficient (Wildman–Crippen LogP) is 3.59. The Balaban J connectivity index is 2.10. The molecule has 0 fully saturated rings. The zero-order valence-corrected chi connectivity index (χ0v) is 13.6. The SMILES string of the molecule is CCONC(=O)c1cc(-c2ccc(OC)cc2)nc2ccccc12. The smallest absolute Gasteiger partial charge is 0.275 e. The molecule has 5 nitrogen and oxygen atoms in total. The quantitative estimate of drug-likeness (QED) is 0.729. The lowest BCUT2D eigenvalue weighted by Crippen LogP contribution is -2.24. The number of para-hydroxylation sites is 1. The summed E-state index contributed by atoms with van der Waals surface area (Å²) in [6, 6.07) is 16.9. The third-order valence-corrected chi connectivity index (χ3v) is 3.66. The Bertz CT molecular complexity index is 860. The van der Waals surface area contributed by atoms with Crippen LogP contribution < -0.4 is 10.2 Å². The predicted molar refractivity (Wildman–Crippen MR) is 92.8 cm³/mol. The van der Waals surface area contributed by atoms with Crippen molar-refractivity contribution >= 4 is 16.8 Å². The van der Waals surface area contributed by atoms with Gasteiger partial charge in [-0.25, -0.2) is 10.5 Å². The summed E-state index contributed by atoms with van der Waals surface area (Å²) in [5, 5.41) is 0.784. The van der Waals surface area contributed by atoms with Crippen LogP contribution in [0.1, 0.15) is 17.3 Å². The van der Waals surface area contributed by atoms with Crippen LogP contribution in [-0.4, -0.2) is 24.6 Å². The van der Waals surface area contributed by atoms with Gasteiger partial charge >= 0.3 is 0 Å². The number of nitrogens with one attached hydrogen (secondary N) is 1. The molecule has 1 amide bonds. The van der Waals surface area contributed by atoms with Gasteiger partial charge in [0.1, 0.15) is 5.75 Å². The summed E-state index contributed by atoms with van der Waals surface area (Å²) >= 11 is 0. The zero-order chi connectivity index (χ0) is 16.9. The number of hydrogen-bond acceptors (Lipinski definition) is 4. The minimum Gasteiger partial charge on any atom is -0.497 e. The number of pyridine rings is 1.